The highest BCUT2D eigenvalue weighted by Gasteiger charge is 2.18. The highest BCUT2D eigenvalue weighted by molar-refractivity contribution is 5.86. The zero-order chi connectivity index (χ0) is 21.9. The summed E-state index contributed by atoms with van der Waals surface area (Å²) in [5, 5.41) is 3.96. The Balaban J connectivity index is 1.93. The van der Waals surface area contributed by atoms with Gasteiger partial charge in [0.05, 0.1) is 12.8 Å². The minimum Gasteiger partial charge on any atom is -0.490 e. The van der Waals surface area contributed by atoms with Crippen LogP contribution in [0.1, 0.15) is 38.2 Å². The maximum atomic E-state index is 12.1. The van der Waals surface area contributed by atoms with Crippen LogP contribution < -0.4 is 14.9 Å². The third kappa shape index (κ3) is 7.38. The van der Waals surface area contributed by atoms with Gasteiger partial charge in [-0.15, -0.1) is 0 Å². The van der Waals surface area contributed by atoms with Crippen LogP contribution in [-0.2, 0) is 14.4 Å². The highest BCUT2D eigenvalue weighted by Crippen LogP contribution is 2.28. The molecule has 2 rings (SSSR count). The fraction of sp³-hybridized carbons (Fsp3) is 0.524. The van der Waals surface area contributed by atoms with E-state index in [-0.39, 0.29) is 30.9 Å². The first-order valence-corrected chi connectivity index (χ1v) is 10.1. The number of amides is 3. The highest BCUT2D eigenvalue weighted by atomic mass is 16.5. The predicted molar refractivity (Wildman–Crippen MR) is 113 cm³/mol. The van der Waals surface area contributed by atoms with Crippen molar-refractivity contribution in [3.63, 3.8) is 0 Å². The molecule has 1 fully saturated rings. The molecule has 0 bridgehead atoms. The molecule has 9 nitrogen and oxygen atoms in total. The van der Waals surface area contributed by atoms with Crippen molar-refractivity contribution >= 4 is 23.9 Å². The maximum absolute atomic E-state index is 12.1. The minimum absolute atomic E-state index is 0.00699. The molecule has 1 aromatic carbocycles. The average Bonchev–Trinajstić information content (AvgIpc) is 2.91. The molecule has 0 saturated carbocycles. The predicted octanol–water partition coefficient (Wildman–Crippen LogP) is 1.40. The molecule has 1 saturated heterocycles. The van der Waals surface area contributed by atoms with E-state index in [9.17, 15) is 14.4 Å². The van der Waals surface area contributed by atoms with Crippen LogP contribution in [0.2, 0.25) is 0 Å². The second-order valence-electron chi connectivity index (χ2n) is 7.14. The largest absolute Gasteiger partial charge is 0.490 e. The van der Waals surface area contributed by atoms with E-state index in [1.54, 1.807) is 37.2 Å². The van der Waals surface area contributed by atoms with Gasteiger partial charge in [0.1, 0.15) is 6.54 Å². The standard InChI is InChI=1S/C21H30N4O5/c1-4-29-18-12-16(9-10-17(18)30-15-21(28)24(2)3)13-22-23-19(26)14-25-11-7-5-6-8-20(25)27/h9-10,12-13H,4-8,11,14-15H2,1-3H3,(H,23,26)/b22-13-. The van der Waals surface area contributed by atoms with E-state index in [4.69, 9.17) is 9.47 Å². The molecule has 0 aromatic heterocycles. The Morgan fingerprint density at radius 1 is 1.20 bits per heavy atom. The van der Waals surface area contributed by atoms with Crippen LogP contribution in [0.5, 0.6) is 11.5 Å². The van der Waals surface area contributed by atoms with Gasteiger partial charge in [-0.2, -0.15) is 5.10 Å². The third-order valence-electron chi connectivity index (χ3n) is 4.53. The smallest absolute Gasteiger partial charge is 0.259 e. The van der Waals surface area contributed by atoms with Crippen molar-refractivity contribution in [2.45, 2.75) is 32.6 Å². The molecule has 1 N–H and O–H groups in total. The fourth-order valence-electron chi connectivity index (χ4n) is 2.85. The van der Waals surface area contributed by atoms with E-state index in [0.29, 0.717) is 36.6 Å². The van der Waals surface area contributed by atoms with Crippen molar-refractivity contribution in [2.75, 3.05) is 40.4 Å². The molecule has 1 aliphatic rings. The minimum atomic E-state index is -0.339. The first-order chi connectivity index (χ1) is 14.4. The third-order valence-corrected chi connectivity index (χ3v) is 4.53. The monoisotopic (exact) mass is 418 g/mol. The van der Waals surface area contributed by atoms with Gasteiger partial charge >= 0.3 is 0 Å². The number of benzene rings is 1. The van der Waals surface area contributed by atoms with Crippen LogP contribution in [0.25, 0.3) is 0 Å². The number of carbonyl (C=O) groups excluding carboxylic acids is 3. The van der Waals surface area contributed by atoms with Gasteiger partial charge in [-0.3, -0.25) is 14.4 Å². The fourth-order valence-corrected chi connectivity index (χ4v) is 2.85. The van der Waals surface area contributed by atoms with Gasteiger partial charge in [0, 0.05) is 27.1 Å². The number of likely N-dealkylation sites (tertiary alicyclic amines) is 1. The number of nitrogens with zero attached hydrogens (tertiary/aromatic N) is 3. The molecule has 1 aliphatic heterocycles. The summed E-state index contributed by atoms with van der Waals surface area (Å²) in [6, 6.07) is 5.14. The lowest BCUT2D eigenvalue weighted by molar-refractivity contribution is -0.135. The summed E-state index contributed by atoms with van der Waals surface area (Å²) in [5.74, 6) is 0.445. The lowest BCUT2D eigenvalue weighted by atomic mass is 10.2. The van der Waals surface area contributed by atoms with Gasteiger partial charge < -0.3 is 19.3 Å². The van der Waals surface area contributed by atoms with E-state index < -0.39 is 0 Å². The van der Waals surface area contributed by atoms with E-state index in [1.807, 2.05) is 6.92 Å². The number of carbonyl (C=O) groups is 3. The Bertz CT molecular complexity index is 779. The molecule has 0 aliphatic carbocycles. The zero-order valence-corrected chi connectivity index (χ0v) is 17.8. The number of nitrogens with one attached hydrogen (secondary N) is 1. The molecule has 1 aromatic rings. The van der Waals surface area contributed by atoms with Crippen LogP contribution in [0.15, 0.2) is 23.3 Å². The summed E-state index contributed by atoms with van der Waals surface area (Å²) in [6.07, 6.45) is 4.77. The quantitative estimate of drug-likeness (QED) is 0.483. The second-order valence-corrected chi connectivity index (χ2v) is 7.14. The summed E-state index contributed by atoms with van der Waals surface area (Å²) >= 11 is 0. The zero-order valence-electron chi connectivity index (χ0n) is 17.8. The first kappa shape index (κ1) is 23.2. The van der Waals surface area contributed by atoms with Crippen molar-refractivity contribution < 1.29 is 23.9 Å². The van der Waals surface area contributed by atoms with Crippen LogP contribution in [0, 0.1) is 0 Å². The van der Waals surface area contributed by atoms with Gasteiger partial charge in [-0.1, -0.05) is 6.42 Å². The normalized spacial score (nSPS) is 14.4. The van der Waals surface area contributed by atoms with E-state index in [2.05, 4.69) is 10.5 Å². The molecule has 0 atom stereocenters. The Morgan fingerprint density at radius 3 is 2.73 bits per heavy atom. The summed E-state index contributed by atoms with van der Waals surface area (Å²) in [4.78, 5) is 38.8. The molecule has 164 valence electrons. The Labute approximate surface area is 177 Å². The van der Waals surface area contributed by atoms with Crippen molar-refractivity contribution in [1.29, 1.82) is 0 Å². The van der Waals surface area contributed by atoms with Crippen LogP contribution in [-0.4, -0.2) is 74.1 Å². The van der Waals surface area contributed by atoms with Gasteiger partial charge in [0.2, 0.25) is 5.91 Å². The second kappa shape index (κ2) is 11.8. The lowest BCUT2D eigenvalue weighted by Crippen LogP contribution is -2.39. The van der Waals surface area contributed by atoms with Gasteiger partial charge in [0.15, 0.2) is 18.1 Å². The van der Waals surface area contributed by atoms with Crippen molar-refractivity contribution in [3.05, 3.63) is 23.8 Å². The van der Waals surface area contributed by atoms with Crippen molar-refractivity contribution in [3.8, 4) is 11.5 Å². The molecule has 0 unspecified atom stereocenters. The Morgan fingerprint density at radius 2 is 2.00 bits per heavy atom. The summed E-state index contributed by atoms with van der Waals surface area (Å²) in [6.45, 7) is 2.79. The molecule has 0 spiro atoms. The summed E-state index contributed by atoms with van der Waals surface area (Å²) in [5.41, 5.74) is 3.14. The summed E-state index contributed by atoms with van der Waals surface area (Å²) < 4.78 is 11.1. The maximum Gasteiger partial charge on any atom is 0.259 e. The number of ether oxygens (including phenoxy) is 2. The molecular weight excluding hydrogens is 388 g/mol. The number of likely N-dealkylation sites (N-methyl/N-ethyl adjacent to an activating group) is 1. The number of hydrazone groups is 1. The SMILES string of the molecule is CCOc1cc(/C=N\NC(=O)CN2CCCCCC2=O)ccc1OCC(=O)N(C)C. The topological polar surface area (TPSA) is 101 Å². The molecule has 9 heteroatoms. The molecule has 3 amide bonds. The first-order valence-electron chi connectivity index (χ1n) is 10.1. The Hall–Kier alpha value is -3.10. The summed E-state index contributed by atoms with van der Waals surface area (Å²) in [7, 11) is 3.32. The van der Waals surface area contributed by atoms with Crippen LogP contribution in [0.3, 0.4) is 0 Å². The van der Waals surface area contributed by atoms with Crippen LogP contribution in [0.4, 0.5) is 0 Å². The van der Waals surface area contributed by atoms with E-state index in [1.165, 1.54) is 11.1 Å². The number of hydrogen-bond donors (Lipinski definition) is 1. The molecule has 30 heavy (non-hydrogen) atoms. The van der Waals surface area contributed by atoms with Gasteiger partial charge in [-0.25, -0.2) is 5.43 Å². The molecular formula is C21H30N4O5. The Kier molecular flexibility index (Phi) is 9.11. The van der Waals surface area contributed by atoms with Crippen LogP contribution >= 0.6 is 0 Å². The number of rotatable bonds is 9. The van der Waals surface area contributed by atoms with Gasteiger partial charge in [-0.05, 0) is 43.5 Å². The lowest BCUT2D eigenvalue weighted by Gasteiger charge is -2.18. The molecule has 1 heterocycles. The molecule has 0 radical (unpaired) electrons. The van der Waals surface area contributed by atoms with Crippen molar-refractivity contribution in [2.24, 2.45) is 5.10 Å². The van der Waals surface area contributed by atoms with Gasteiger partial charge in [0.25, 0.3) is 11.8 Å². The van der Waals surface area contributed by atoms with Crippen molar-refractivity contribution in [1.82, 2.24) is 15.2 Å². The number of hydrogen-bond acceptors (Lipinski definition) is 6. The van der Waals surface area contributed by atoms with E-state index in [0.717, 1.165) is 19.3 Å². The van der Waals surface area contributed by atoms with E-state index >= 15 is 0 Å². The average molecular weight is 418 g/mol.